The molecular weight excluding hydrogens is 388 g/mol. The minimum atomic E-state index is -0.389. The van der Waals surface area contributed by atoms with Gasteiger partial charge < -0.3 is 24.8 Å². The van der Waals surface area contributed by atoms with Gasteiger partial charge in [0.05, 0.1) is 14.2 Å². The Bertz CT molecular complexity index is 786. The van der Waals surface area contributed by atoms with Gasteiger partial charge in [0.2, 0.25) is 11.8 Å². The summed E-state index contributed by atoms with van der Waals surface area (Å²) in [7, 11) is 3.13. The van der Waals surface area contributed by atoms with Gasteiger partial charge in [-0.3, -0.25) is 14.4 Å². The topological polar surface area (TPSA) is 103 Å². The Morgan fingerprint density at radius 1 is 1.00 bits per heavy atom. The number of ether oxygens (including phenoxy) is 3. The number of carbonyl (C=O) groups excluding carboxylic acids is 3. The first-order valence-corrected chi connectivity index (χ1v) is 9.63. The Hall–Kier alpha value is -3.29. The van der Waals surface area contributed by atoms with Crippen molar-refractivity contribution in [3.8, 4) is 11.5 Å². The van der Waals surface area contributed by atoms with Crippen LogP contribution in [0.15, 0.2) is 35.9 Å². The fraction of sp³-hybridized carbons (Fsp3) is 0.409. The third kappa shape index (κ3) is 9.77. The minimum Gasteiger partial charge on any atom is -0.497 e. The molecule has 1 aromatic rings. The number of amides is 2. The Morgan fingerprint density at radius 3 is 2.33 bits per heavy atom. The van der Waals surface area contributed by atoms with Crippen LogP contribution in [0.5, 0.6) is 11.5 Å². The van der Waals surface area contributed by atoms with E-state index in [-0.39, 0.29) is 24.4 Å². The van der Waals surface area contributed by atoms with Gasteiger partial charge in [-0.1, -0.05) is 0 Å². The fourth-order valence-electron chi connectivity index (χ4n) is 2.36. The van der Waals surface area contributed by atoms with E-state index in [0.717, 1.165) is 18.4 Å². The number of unbranched alkanes of at least 4 members (excludes halogenated alkanes) is 1. The Balaban J connectivity index is 2.27. The Labute approximate surface area is 177 Å². The summed E-state index contributed by atoms with van der Waals surface area (Å²) in [6.45, 7) is 4.04. The first kappa shape index (κ1) is 24.7. The van der Waals surface area contributed by atoms with Crippen LogP contribution in [0.2, 0.25) is 0 Å². The summed E-state index contributed by atoms with van der Waals surface area (Å²) in [4.78, 5) is 34.5. The summed E-state index contributed by atoms with van der Waals surface area (Å²) in [5, 5.41) is 5.58. The van der Waals surface area contributed by atoms with E-state index in [0.29, 0.717) is 30.2 Å². The van der Waals surface area contributed by atoms with Crippen molar-refractivity contribution in [3.63, 3.8) is 0 Å². The molecule has 164 valence electrons. The van der Waals surface area contributed by atoms with Gasteiger partial charge in [0.15, 0.2) is 0 Å². The van der Waals surface area contributed by atoms with E-state index in [2.05, 4.69) is 10.6 Å². The normalized spacial score (nSPS) is 11.1. The van der Waals surface area contributed by atoms with E-state index in [1.54, 1.807) is 45.4 Å². The average molecular weight is 418 g/mol. The zero-order chi connectivity index (χ0) is 22.4. The van der Waals surface area contributed by atoms with E-state index in [9.17, 15) is 14.4 Å². The van der Waals surface area contributed by atoms with Crippen LogP contribution in [0.3, 0.4) is 0 Å². The molecule has 0 aliphatic carbocycles. The van der Waals surface area contributed by atoms with E-state index >= 15 is 0 Å². The van der Waals surface area contributed by atoms with Gasteiger partial charge in [0, 0.05) is 43.3 Å². The minimum absolute atomic E-state index is 0.0799. The molecule has 30 heavy (non-hydrogen) atoms. The lowest BCUT2D eigenvalue weighted by Gasteiger charge is -2.07. The van der Waals surface area contributed by atoms with Crippen LogP contribution in [0.1, 0.15) is 32.3 Å². The van der Waals surface area contributed by atoms with Gasteiger partial charge in [-0.25, -0.2) is 0 Å². The highest BCUT2D eigenvalue weighted by molar-refractivity contribution is 5.93. The van der Waals surface area contributed by atoms with E-state index in [1.807, 2.05) is 6.07 Å². The smallest absolute Gasteiger partial charge is 0.302 e. The molecule has 0 atom stereocenters. The van der Waals surface area contributed by atoms with Crippen LogP contribution >= 0.6 is 0 Å². The van der Waals surface area contributed by atoms with Gasteiger partial charge in [-0.05, 0) is 44.1 Å². The molecule has 0 radical (unpaired) electrons. The van der Waals surface area contributed by atoms with E-state index in [4.69, 9.17) is 14.2 Å². The number of rotatable bonds is 12. The largest absolute Gasteiger partial charge is 0.497 e. The predicted molar refractivity (Wildman–Crippen MR) is 114 cm³/mol. The maximum atomic E-state index is 11.9. The van der Waals surface area contributed by atoms with Crippen molar-refractivity contribution < 1.29 is 28.6 Å². The third-order valence-corrected chi connectivity index (χ3v) is 4.08. The molecule has 0 aromatic heterocycles. The zero-order valence-corrected chi connectivity index (χ0v) is 17.9. The van der Waals surface area contributed by atoms with Crippen molar-refractivity contribution >= 4 is 23.9 Å². The molecule has 0 heterocycles. The molecule has 0 saturated heterocycles. The summed E-state index contributed by atoms with van der Waals surface area (Å²) >= 11 is 0. The molecule has 0 aliphatic heterocycles. The SMILES string of the molecule is COc1ccc(/C=C/C(=O)NCCCCNC(=O)/C(C)=C/COC(C)=O)c(OC)c1. The summed E-state index contributed by atoms with van der Waals surface area (Å²) in [5.74, 6) is 0.491. The molecule has 0 aliphatic rings. The molecule has 1 aromatic carbocycles. The second kappa shape index (κ2) is 13.8. The second-order valence-corrected chi connectivity index (χ2v) is 6.38. The lowest BCUT2D eigenvalue weighted by molar-refractivity contribution is -0.139. The summed E-state index contributed by atoms with van der Waals surface area (Å²) in [6.07, 6.45) is 6.13. The standard InChI is InChI=1S/C22H30N2O6/c1-16(11-14-30-17(2)25)22(27)24-13-6-5-12-23-21(26)10-8-18-7-9-19(28-3)15-20(18)29-4/h7-11,15H,5-6,12-14H2,1-4H3,(H,23,26)(H,24,27)/b10-8+,16-11+. The van der Waals surface area contributed by atoms with Crippen LogP contribution in [-0.2, 0) is 19.1 Å². The molecule has 8 heteroatoms. The number of carbonyl (C=O) groups is 3. The maximum Gasteiger partial charge on any atom is 0.302 e. The second-order valence-electron chi connectivity index (χ2n) is 6.38. The molecule has 0 fully saturated rings. The van der Waals surface area contributed by atoms with Crippen molar-refractivity contribution in [1.29, 1.82) is 0 Å². The summed E-state index contributed by atoms with van der Waals surface area (Å²) in [5.41, 5.74) is 1.26. The number of esters is 1. The molecule has 0 unspecified atom stereocenters. The Morgan fingerprint density at radius 2 is 1.70 bits per heavy atom. The molecule has 2 amide bonds. The van der Waals surface area contributed by atoms with Crippen LogP contribution < -0.4 is 20.1 Å². The van der Waals surface area contributed by atoms with Gasteiger partial charge in [-0.15, -0.1) is 0 Å². The first-order chi connectivity index (χ1) is 14.4. The van der Waals surface area contributed by atoms with Crippen molar-refractivity contribution in [2.24, 2.45) is 0 Å². The predicted octanol–water partition coefficient (Wildman–Crippen LogP) is 2.24. The number of methoxy groups -OCH3 is 2. The lowest BCUT2D eigenvalue weighted by Crippen LogP contribution is -2.27. The highest BCUT2D eigenvalue weighted by atomic mass is 16.5. The third-order valence-electron chi connectivity index (χ3n) is 4.08. The molecule has 2 N–H and O–H groups in total. The molecular formula is C22H30N2O6. The van der Waals surface area contributed by atoms with Crippen LogP contribution in [0.25, 0.3) is 6.08 Å². The Kier molecular flexibility index (Phi) is 11.4. The molecule has 0 spiro atoms. The fourth-order valence-corrected chi connectivity index (χ4v) is 2.36. The van der Waals surface area contributed by atoms with E-state index in [1.165, 1.54) is 13.0 Å². The van der Waals surface area contributed by atoms with Crippen molar-refractivity contribution in [1.82, 2.24) is 10.6 Å². The molecule has 1 rings (SSSR count). The van der Waals surface area contributed by atoms with Gasteiger partial charge in [0.1, 0.15) is 18.1 Å². The molecule has 0 saturated carbocycles. The highest BCUT2D eigenvalue weighted by Crippen LogP contribution is 2.25. The van der Waals surface area contributed by atoms with Crippen LogP contribution in [-0.4, -0.2) is 51.7 Å². The monoisotopic (exact) mass is 418 g/mol. The summed E-state index contributed by atoms with van der Waals surface area (Å²) in [6, 6.07) is 5.35. The zero-order valence-electron chi connectivity index (χ0n) is 17.9. The highest BCUT2D eigenvalue weighted by Gasteiger charge is 2.04. The quantitative estimate of drug-likeness (QED) is 0.307. The van der Waals surface area contributed by atoms with E-state index < -0.39 is 0 Å². The average Bonchev–Trinajstić information content (AvgIpc) is 2.73. The van der Waals surface area contributed by atoms with Gasteiger partial charge in [0.25, 0.3) is 0 Å². The van der Waals surface area contributed by atoms with Gasteiger partial charge >= 0.3 is 5.97 Å². The number of hydrogen-bond acceptors (Lipinski definition) is 6. The maximum absolute atomic E-state index is 11.9. The number of hydrogen-bond donors (Lipinski definition) is 2. The van der Waals surface area contributed by atoms with Gasteiger partial charge in [-0.2, -0.15) is 0 Å². The van der Waals surface area contributed by atoms with Crippen molar-refractivity contribution in [2.45, 2.75) is 26.7 Å². The lowest BCUT2D eigenvalue weighted by atomic mass is 10.1. The van der Waals surface area contributed by atoms with Crippen LogP contribution in [0, 0.1) is 0 Å². The summed E-state index contributed by atoms with van der Waals surface area (Å²) < 4.78 is 15.2. The first-order valence-electron chi connectivity index (χ1n) is 9.63. The molecule has 8 nitrogen and oxygen atoms in total. The van der Waals surface area contributed by atoms with Crippen molar-refractivity contribution in [2.75, 3.05) is 33.9 Å². The number of nitrogens with one attached hydrogen (secondary N) is 2. The number of benzene rings is 1. The molecule has 0 bridgehead atoms. The van der Waals surface area contributed by atoms with Crippen molar-refractivity contribution in [3.05, 3.63) is 41.5 Å². The van der Waals surface area contributed by atoms with Crippen LogP contribution in [0.4, 0.5) is 0 Å².